The minimum atomic E-state index is -3.20. The van der Waals surface area contributed by atoms with Crippen LogP contribution in [0.2, 0.25) is 0 Å². The van der Waals surface area contributed by atoms with Gasteiger partial charge in [-0.1, -0.05) is 11.8 Å². The molecule has 2 heterocycles. The summed E-state index contributed by atoms with van der Waals surface area (Å²) in [4.78, 5) is 28.6. The second kappa shape index (κ2) is 8.00. The standard InChI is InChI=1S/C17H20N2O7S2/c1-25-10-3-4-11(13(7-10)26-2)19-12-8-28(23,24)9-14(12)27-17(19)18-15(20)5-6-16(21)22/h3-4,7,12,14H,5-6,8-9H2,1-2H3,(H,21,22). The highest BCUT2D eigenvalue weighted by molar-refractivity contribution is 8.16. The second-order valence-electron chi connectivity index (χ2n) is 6.39. The molecule has 0 aliphatic carbocycles. The van der Waals surface area contributed by atoms with E-state index in [0.717, 1.165) is 0 Å². The number of carboxylic acids is 1. The Morgan fingerprint density at radius 2 is 2.00 bits per heavy atom. The lowest BCUT2D eigenvalue weighted by molar-refractivity contribution is -0.138. The lowest BCUT2D eigenvalue weighted by Gasteiger charge is -2.26. The highest BCUT2D eigenvalue weighted by atomic mass is 32.2. The molecular formula is C17H20N2O7S2. The molecule has 1 amide bonds. The molecule has 2 aliphatic rings. The van der Waals surface area contributed by atoms with Gasteiger partial charge < -0.3 is 19.5 Å². The van der Waals surface area contributed by atoms with E-state index in [1.54, 1.807) is 23.1 Å². The van der Waals surface area contributed by atoms with E-state index in [1.165, 1.54) is 26.0 Å². The van der Waals surface area contributed by atoms with Gasteiger partial charge in [0.15, 0.2) is 15.0 Å². The Kier molecular flexibility index (Phi) is 5.84. The van der Waals surface area contributed by atoms with Crippen molar-refractivity contribution < 1.29 is 32.6 Å². The lowest BCUT2D eigenvalue weighted by Crippen LogP contribution is -2.38. The number of carboxylic acid groups (broad SMARTS) is 1. The van der Waals surface area contributed by atoms with Crippen LogP contribution in [0.5, 0.6) is 11.5 Å². The molecule has 0 bridgehead atoms. The Hall–Kier alpha value is -2.27. The molecule has 152 valence electrons. The Bertz CT molecular complexity index is 929. The SMILES string of the molecule is COc1ccc(N2C(=NC(=O)CCC(=O)O)SC3CS(=O)(=O)CC32)c(OC)c1. The van der Waals surface area contributed by atoms with Crippen molar-refractivity contribution in [3.63, 3.8) is 0 Å². The monoisotopic (exact) mass is 428 g/mol. The van der Waals surface area contributed by atoms with E-state index in [4.69, 9.17) is 14.6 Å². The van der Waals surface area contributed by atoms with Crippen molar-refractivity contribution in [2.75, 3.05) is 30.6 Å². The number of carbonyl (C=O) groups excluding carboxylic acids is 1. The molecule has 2 fully saturated rings. The number of hydrogen-bond acceptors (Lipinski definition) is 7. The normalized spacial score (nSPS) is 24.2. The second-order valence-corrected chi connectivity index (χ2v) is 9.75. The number of methoxy groups -OCH3 is 2. The van der Waals surface area contributed by atoms with E-state index in [9.17, 15) is 18.0 Å². The van der Waals surface area contributed by atoms with Crippen molar-refractivity contribution in [3.8, 4) is 11.5 Å². The molecule has 9 nitrogen and oxygen atoms in total. The first-order valence-corrected chi connectivity index (χ1v) is 11.2. The molecule has 2 aliphatic heterocycles. The first kappa shape index (κ1) is 20.5. The fourth-order valence-electron chi connectivity index (χ4n) is 3.21. The quantitative estimate of drug-likeness (QED) is 0.711. The van der Waals surface area contributed by atoms with E-state index < -0.39 is 21.7 Å². The van der Waals surface area contributed by atoms with Crippen LogP contribution in [0.25, 0.3) is 0 Å². The van der Waals surface area contributed by atoms with Gasteiger partial charge in [0.05, 0.1) is 43.9 Å². The summed E-state index contributed by atoms with van der Waals surface area (Å²) in [6.07, 6.45) is -0.534. The number of aliphatic imine (C=N–C) groups is 1. The van der Waals surface area contributed by atoms with Crippen molar-refractivity contribution in [1.82, 2.24) is 0 Å². The van der Waals surface area contributed by atoms with Crippen molar-refractivity contribution in [2.45, 2.75) is 24.1 Å². The summed E-state index contributed by atoms with van der Waals surface area (Å²) in [7, 11) is -0.191. The van der Waals surface area contributed by atoms with E-state index >= 15 is 0 Å². The number of amides is 1. The van der Waals surface area contributed by atoms with Crippen LogP contribution in [0.15, 0.2) is 23.2 Å². The maximum absolute atomic E-state index is 12.1. The summed E-state index contributed by atoms with van der Waals surface area (Å²) in [5.41, 5.74) is 0.574. The third-order valence-corrected chi connectivity index (χ3v) is 7.70. The first-order valence-electron chi connectivity index (χ1n) is 8.45. The summed E-state index contributed by atoms with van der Waals surface area (Å²) < 4.78 is 34.9. The maximum Gasteiger partial charge on any atom is 0.303 e. The summed E-state index contributed by atoms with van der Waals surface area (Å²) in [5, 5.41) is 8.84. The zero-order valence-electron chi connectivity index (χ0n) is 15.3. The van der Waals surface area contributed by atoms with Crippen molar-refractivity contribution in [3.05, 3.63) is 18.2 Å². The molecule has 2 saturated heterocycles. The highest BCUT2D eigenvalue weighted by Crippen LogP contribution is 2.44. The average molecular weight is 428 g/mol. The molecule has 1 N–H and O–H groups in total. The van der Waals surface area contributed by atoms with E-state index in [0.29, 0.717) is 22.4 Å². The van der Waals surface area contributed by atoms with Crippen LogP contribution in [0.3, 0.4) is 0 Å². The number of anilines is 1. The topological polar surface area (TPSA) is 123 Å². The number of ether oxygens (including phenoxy) is 2. The van der Waals surface area contributed by atoms with Crippen LogP contribution in [0.1, 0.15) is 12.8 Å². The van der Waals surface area contributed by atoms with Gasteiger partial charge in [0.25, 0.3) is 0 Å². The van der Waals surface area contributed by atoms with E-state index in [-0.39, 0.29) is 35.6 Å². The molecule has 0 radical (unpaired) electrons. The zero-order valence-corrected chi connectivity index (χ0v) is 17.0. The molecule has 1 aromatic rings. The predicted octanol–water partition coefficient (Wildman–Crippen LogP) is 1.17. The van der Waals surface area contributed by atoms with Gasteiger partial charge in [0.2, 0.25) is 5.91 Å². The van der Waals surface area contributed by atoms with Gasteiger partial charge in [-0.05, 0) is 12.1 Å². The average Bonchev–Trinajstić information content (AvgIpc) is 3.10. The maximum atomic E-state index is 12.1. The van der Waals surface area contributed by atoms with Gasteiger partial charge in [-0.2, -0.15) is 4.99 Å². The predicted molar refractivity (Wildman–Crippen MR) is 105 cm³/mol. The molecule has 3 rings (SSSR count). The van der Waals surface area contributed by atoms with E-state index in [1.807, 2.05) is 0 Å². The number of sulfone groups is 1. The number of nitrogens with zero attached hydrogens (tertiary/aromatic N) is 2. The molecule has 11 heteroatoms. The third-order valence-electron chi connectivity index (χ3n) is 4.49. The van der Waals surface area contributed by atoms with Crippen LogP contribution in [-0.4, -0.2) is 67.6 Å². The molecule has 0 aromatic heterocycles. The highest BCUT2D eigenvalue weighted by Gasteiger charge is 2.50. The number of rotatable bonds is 6. The zero-order chi connectivity index (χ0) is 20.5. The summed E-state index contributed by atoms with van der Waals surface area (Å²) >= 11 is 1.22. The Morgan fingerprint density at radius 1 is 1.25 bits per heavy atom. The number of carbonyl (C=O) groups is 2. The molecule has 0 spiro atoms. The van der Waals surface area contributed by atoms with Crippen molar-refractivity contribution in [1.29, 1.82) is 0 Å². The largest absolute Gasteiger partial charge is 0.497 e. The molecule has 28 heavy (non-hydrogen) atoms. The molecule has 0 saturated carbocycles. The fraction of sp³-hybridized carbons (Fsp3) is 0.471. The summed E-state index contributed by atoms with van der Waals surface area (Å²) in [6, 6.07) is 4.72. The van der Waals surface area contributed by atoms with E-state index in [2.05, 4.69) is 4.99 Å². The Balaban J connectivity index is 1.99. The first-order chi connectivity index (χ1) is 13.2. The number of aliphatic carboxylic acids is 1. The van der Waals surface area contributed by atoms with Crippen LogP contribution in [0, 0.1) is 0 Å². The fourth-order valence-corrected chi connectivity index (χ4v) is 7.13. The number of fused-ring (bicyclic) bond motifs is 1. The summed E-state index contributed by atoms with van der Waals surface area (Å²) in [6.45, 7) is 0. The lowest BCUT2D eigenvalue weighted by atomic mass is 10.2. The van der Waals surface area contributed by atoms with Gasteiger partial charge in [0.1, 0.15) is 11.5 Å². The number of hydrogen-bond donors (Lipinski definition) is 1. The molecule has 2 unspecified atom stereocenters. The smallest absolute Gasteiger partial charge is 0.303 e. The third kappa shape index (κ3) is 4.25. The summed E-state index contributed by atoms with van der Waals surface area (Å²) in [5.74, 6) is -0.675. The minimum absolute atomic E-state index is 0.000357. The molecule has 2 atom stereocenters. The van der Waals surface area contributed by atoms with Gasteiger partial charge >= 0.3 is 5.97 Å². The molecule has 1 aromatic carbocycles. The van der Waals surface area contributed by atoms with Crippen molar-refractivity contribution >= 4 is 44.3 Å². The number of thioether (sulfide) groups is 1. The van der Waals surface area contributed by atoms with Gasteiger partial charge in [-0.25, -0.2) is 8.42 Å². The minimum Gasteiger partial charge on any atom is -0.497 e. The number of amidine groups is 1. The van der Waals surface area contributed by atoms with Gasteiger partial charge in [0, 0.05) is 17.7 Å². The molecular weight excluding hydrogens is 408 g/mol. The number of benzene rings is 1. The van der Waals surface area contributed by atoms with Crippen LogP contribution in [0.4, 0.5) is 5.69 Å². The van der Waals surface area contributed by atoms with Crippen LogP contribution >= 0.6 is 11.8 Å². The van der Waals surface area contributed by atoms with Gasteiger partial charge in [-0.15, -0.1) is 0 Å². The Labute approximate surface area is 166 Å². The van der Waals surface area contributed by atoms with Crippen LogP contribution < -0.4 is 14.4 Å². The van der Waals surface area contributed by atoms with Gasteiger partial charge in [-0.3, -0.25) is 9.59 Å². The Morgan fingerprint density at radius 3 is 2.64 bits per heavy atom. The van der Waals surface area contributed by atoms with Crippen molar-refractivity contribution in [2.24, 2.45) is 4.99 Å². The van der Waals surface area contributed by atoms with Crippen LogP contribution in [-0.2, 0) is 19.4 Å².